The molecule has 0 saturated carbocycles. The summed E-state index contributed by atoms with van der Waals surface area (Å²) in [6, 6.07) is 0.623. The number of halogens is 3. The van der Waals surface area contributed by atoms with Crippen LogP contribution in [0.15, 0.2) is 10.9 Å². The van der Waals surface area contributed by atoms with Gasteiger partial charge in [0.25, 0.3) is 5.56 Å². The number of alkyl halides is 3. The normalized spacial score (nSPS) is 11.1. The number of carboxylic acids is 1. The first kappa shape index (κ1) is 12.9. The van der Waals surface area contributed by atoms with Crippen LogP contribution in [0, 0.1) is 0 Å². The van der Waals surface area contributed by atoms with Gasteiger partial charge >= 0.3 is 12.3 Å². The lowest BCUT2D eigenvalue weighted by Crippen LogP contribution is -2.23. The molecule has 1 aromatic heterocycles. The van der Waals surface area contributed by atoms with Gasteiger partial charge in [0.15, 0.2) is 5.56 Å². The highest BCUT2D eigenvalue weighted by molar-refractivity contribution is 5.90. The van der Waals surface area contributed by atoms with Crippen LogP contribution in [0.5, 0.6) is 11.6 Å². The van der Waals surface area contributed by atoms with Gasteiger partial charge in [0.05, 0.1) is 7.11 Å². The fourth-order valence-electron chi connectivity index (χ4n) is 1.06. The van der Waals surface area contributed by atoms with Gasteiger partial charge in [-0.2, -0.15) is 0 Å². The zero-order valence-corrected chi connectivity index (χ0v) is 8.29. The third kappa shape index (κ3) is 3.13. The molecule has 1 rings (SSSR count). The lowest BCUT2D eigenvalue weighted by atomic mass is 10.2. The Morgan fingerprint density at radius 2 is 2.06 bits per heavy atom. The third-order valence-electron chi connectivity index (χ3n) is 1.63. The summed E-state index contributed by atoms with van der Waals surface area (Å²) in [4.78, 5) is 23.4. The molecule has 94 valence electrons. The predicted molar refractivity (Wildman–Crippen MR) is 47.3 cm³/mol. The Labute approximate surface area is 91.6 Å². The average molecular weight is 253 g/mol. The van der Waals surface area contributed by atoms with Crippen molar-refractivity contribution >= 4 is 5.97 Å². The van der Waals surface area contributed by atoms with Crippen molar-refractivity contribution in [2.75, 3.05) is 7.11 Å². The molecule has 0 aliphatic carbocycles. The topological polar surface area (TPSA) is 88.6 Å². The minimum atomic E-state index is -5.00. The largest absolute Gasteiger partial charge is 0.574 e. The second-order valence-corrected chi connectivity index (χ2v) is 2.76. The Balaban J connectivity index is 3.28. The molecule has 0 fully saturated rings. The van der Waals surface area contributed by atoms with Crippen molar-refractivity contribution in [3.05, 3.63) is 22.0 Å². The Morgan fingerprint density at radius 3 is 2.47 bits per heavy atom. The zero-order chi connectivity index (χ0) is 13.2. The zero-order valence-electron chi connectivity index (χ0n) is 8.29. The van der Waals surface area contributed by atoms with E-state index in [1.54, 1.807) is 4.98 Å². The molecule has 9 heteroatoms. The number of hydrogen-bond donors (Lipinski definition) is 2. The highest BCUT2D eigenvalue weighted by Gasteiger charge is 2.32. The van der Waals surface area contributed by atoms with Gasteiger partial charge in [-0.05, 0) is 0 Å². The molecule has 0 unspecified atom stereocenters. The summed E-state index contributed by atoms with van der Waals surface area (Å²) in [5.74, 6) is -3.11. The number of aromatic amines is 1. The lowest BCUT2D eigenvalue weighted by molar-refractivity contribution is -0.276. The molecule has 17 heavy (non-hydrogen) atoms. The maximum Gasteiger partial charge on any atom is 0.574 e. The van der Waals surface area contributed by atoms with E-state index in [2.05, 4.69) is 9.47 Å². The van der Waals surface area contributed by atoms with Gasteiger partial charge in [-0.15, -0.1) is 13.2 Å². The molecule has 0 aromatic carbocycles. The van der Waals surface area contributed by atoms with Crippen LogP contribution in [0.1, 0.15) is 10.4 Å². The predicted octanol–water partition coefficient (Wildman–Crippen LogP) is 0.980. The van der Waals surface area contributed by atoms with Gasteiger partial charge in [0.1, 0.15) is 5.75 Å². The molecule has 0 amide bonds. The van der Waals surface area contributed by atoms with Gasteiger partial charge in [-0.1, -0.05) is 0 Å². The van der Waals surface area contributed by atoms with Crippen LogP contribution in [0.3, 0.4) is 0 Å². The number of H-pyrrole nitrogens is 1. The number of hydrogen-bond acceptors (Lipinski definition) is 4. The van der Waals surface area contributed by atoms with Crippen LogP contribution in [-0.4, -0.2) is 29.5 Å². The molecule has 6 nitrogen and oxygen atoms in total. The second kappa shape index (κ2) is 4.36. The van der Waals surface area contributed by atoms with Gasteiger partial charge in [-0.25, -0.2) is 4.79 Å². The van der Waals surface area contributed by atoms with E-state index in [4.69, 9.17) is 5.11 Å². The quantitative estimate of drug-likeness (QED) is 0.838. The van der Waals surface area contributed by atoms with Gasteiger partial charge in [0, 0.05) is 6.07 Å². The Bertz CT molecular complexity index is 493. The van der Waals surface area contributed by atoms with E-state index in [0.717, 1.165) is 7.11 Å². The van der Waals surface area contributed by atoms with E-state index >= 15 is 0 Å². The van der Waals surface area contributed by atoms with Gasteiger partial charge < -0.3 is 14.6 Å². The molecular weight excluding hydrogens is 247 g/mol. The van der Waals surface area contributed by atoms with Gasteiger partial charge in [-0.3, -0.25) is 9.78 Å². The summed E-state index contributed by atoms with van der Waals surface area (Å²) in [5.41, 5.74) is -2.06. The van der Waals surface area contributed by atoms with Crippen LogP contribution < -0.4 is 15.0 Å². The first-order chi connectivity index (χ1) is 7.74. The van der Waals surface area contributed by atoms with Crippen molar-refractivity contribution in [2.45, 2.75) is 6.36 Å². The van der Waals surface area contributed by atoms with Crippen LogP contribution in [-0.2, 0) is 0 Å². The molecule has 1 aromatic rings. The van der Waals surface area contributed by atoms with Gasteiger partial charge in [0.2, 0.25) is 5.88 Å². The summed E-state index contributed by atoms with van der Waals surface area (Å²) in [6.45, 7) is 0. The van der Waals surface area contributed by atoms with Crippen molar-refractivity contribution in [2.24, 2.45) is 0 Å². The number of ether oxygens (including phenoxy) is 2. The first-order valence-corrected chi connectivity index (χ1v) is 4.05. The highest BCUT2D eigenvalue weighted by Crippen LogP contribution is 2.24. The second-order valence-electron chi connectivity index (χ2n) is 2.76. The standard InChI is InChI=1S/C8H6F3NO5/c1-16-3-2-4(17-8(9,10)11)12-6(13)5(3)7(14)15/h2H,1H3,(H,12,13)(H,14,15). The fourth-order valence-corrected chi connectivity index (χ4v) is 1.06. The number of carboxylic acid groups (broad SMARTS) is 1. The number of carbonyl (C=O) groups is 1. The van der Waals surface area contributed by atoms with E-state index in [9.17, 15) is 22.8 Å². The molecule has 0 aliphatic heterocycles. The molecule has 0 saturated heterocycles. The summed E-state index contributed by atoms with van der Waals surface area (Å²) >= 11 is 0. The summed E-state index contributed by atoms with van der Waals surface area (Å²) < 4.78 is 43.5. The molecule has 1 heterocycles. The average Bonchev–Trinajstić information content (AvgIpc) is 2.12. The van der Waals surface area contributed by atoms with Crippen LogP contribution in [0.4, 0.5) is 13.2 Å². The number of methoxy groups -OCH3 is 1. The first-order valence-electron chi connectivity index (χ1n) is 4.05. The molecule has 0 radical (unpaired) electrons. The van der Waals surface area contributed by atoms with Crippen molar-refractivity contribution < 1.29 is 32.5 Å². The van der Waals surface area contributed by atoms with E-state index < -0.39 is 35.1 Å². The third-order valence-corrected chi connectivity index (χ3v) is 1.63. The van der Waals surface area contributed by atoms with Crippen molar-refractivity contribution in [3.8, 4) is 11.6 Å². The van der Waals surface area contributed by atoms with Crippen LogP contribution in [0.25, 0.3) is 0 Å². The van der Waals surface area contributed by atoms with Crippen LogP contribution in [0.2, 0.25) is 0 Å². The maximum atomic E-state index is 11.9. The Hall–Kier alpha value is -2.19. The Kier molecular flexibility index (Phi) is 3.30. The lowest BCUT2D eigenvalue weighted by Gasteiger charge is -2.10. The minimum absolute atomic E-state index is 0.527. The van der Waals surface area contributed by atoms with E-state index in [0.29, 0.717) is 6.07 Å². The van der Waals surface area contributed by atoms with E-state index in [1.807, 2.05) is 0 Å². The number of pyridine rings is 1. The molecule has 2 N–H and O–H groups in total. The summed E-state index contributed by atoms with van der Waals surface area (Å²) in [7, 11) is 1.01. The number of aromatic nitrogens is 1. The minimum Gasteiger partial charge on any atom is -0.495 e. The molecule has 0 aliphatic rings. The highest BCUT2D eigenvalue weighted by atomic mass is 19.4. The smallest absolute Gasteiger partial charge is 0.495 e. The van der Waals surface area contributed by atoms with Crippen molar-refractivity contribution in [3.63, 3.8) is 0 Å². The molecule has 0 spiro atoms. The number of nitrogens with one attached hydrogen (secondary N) is 1. The summed E-state index contributed by atoms with van der Waals surface area (Å²) in [5, 5.41) is 8.64. The van der Waals surface area contributed by atoms with E-state index in [1.165, 1.54) is 0 Å². The van der Waals surface area contributed by atoms with Crippen molar-refractivity contribution in [1.29, 1.82) is 0 Å². The molecule has 0 atom stereocenters. The fraction of sp³-hybridized carbons (Fsp3) is 0.250. The van der Waals surface area contributed by atoms with Crippen LogP contribution >= 0.6 is 0 Å². The number of aromatic carboxylic acids is 1. The maximum absolute atomic E-state index is 11.9. The Morgan fingerprint density at radius 1 is 1.47 bits per heavy atom. The molecule has 0 bridgehead atoms. The number of rotatable bonds is 3. The molecular formula is C8H6F3NO5. The summed E-state index contributed by atoms with van der Waals surface area (Å²) in [6.07, 6.45) is -5.00. The SMILES string of the molecule is COc1cc(OC(F)(F)F)[nH]c(=O)c1C(=O)O. The van der Waals surface area contributed by atoms with E-state index in [-0.39, 0.29) is 0 Å². The monoisotopic (exact) mass is 253 g/mol. The van der Waals surface area contributed by atoms with Crippen molar-refractivity contribution in [1.82, 2.24) is 4.98 Å².